The van der Waals surface area contributed by atoms with E-state index in [2.05, 4.69) is 29.3 Å². The molecule has 0 unspecified atom stereocenters. The zero-order chi connectivity index (χ0) is 15.9. The Kier molecular flexibility index (Phi) is 5.71. The highest BCUT2D eigenvalue weighted by molar-refractivity contribution is 5.91. The van der Waals surface area contributed by atoms with Crippen LogP contribution in [0.5, 0.6) is 0 Å². The minimum Gasteiger partial charge on any atom is -0.383 e. The van der Waals surface area contributed by atoms with E-state index in [9.17, 15) is 4.79 Å². The minimum atomic E-state index is -0.276. The minimum absolute atomic E-state index is 0.235. The fourth-order valence-electron chi connectivity index (χ4n) is 2.08. The second-order valence-electron chi connectivity index (χ2n) is 5.53. The van der Waals surface area contributed by atoms with Crippen LogP contribution in [0, 0.1) is 5.92 Å². The Labute approximate surface area is 129 Å². The Bertz CT molecular complexity index is 603. The van der Waals surface area contributed by atoms with Crippen LogP contribution < -0.4 is 5.32 Å². The average molecular weight is 306 g/mol. The van der Waals surface area contributed by atoms with Gasteiger partial charge in [-0.15, -0.1) is 0 Å². The number of carbonyl (C=O) groups excluding carboxylic acids is 1. The van der Waals surface area contributed by atoms with Gasteiger partial charge < -0.3 is 19.1 Å². The number of carbonyl (C=O) groups is 1. The monoisotopic (exact) mass is 306 g/mol. The number of rotatable bonds is 8. The molecule has 0 bridgehead atoms. The van der Waals surface area contributed by atoms with Crippen molar-refractivity contribution in [1.82, 2.24) is 20.0 Å². The first-order chi connectivity index (χ1) is 10.6. The lowest BCUT2D eigenvalue weighted by molar-refractivity contribution is 0.0912. The molecule has 7 nitrogen and oxygen atoms in total. The van der Waals surface area contributed by atoms with Gasteiger partial charge in [-0.05, 0) is 12.3 Å². The van der Waals surface area contributed by atoms with E-state index in [0.29, 0.717) is 25.6 Å². The molecule has 2 aromatic heterocycles. The predicted molar refractivity (Wildman–Crippen MR) is 80.3 cm³/mol. The van der Waals surface area contributed by atoms with Gasteiger partial charge in [0.25, 0.3) is 5.91 Å². The molecule has 0 aliphatic carbocycles. The van der Waals surface area contributed by atoms with Crippen LogP contribution in [-0.4, -0.2) is 34.3 Å². The zero-order valence-corrected chi connectivity index (χ0v) is 13.2. The number of ether oxygens (including phenoxy) is 1. The number of hydrogen-bond acceptors (Lipinski definition) is 5. The topological polar surface area (TPSA) is 82.2 Å². The molecule has 0 aliphatic rings. The van der Waals surface area contributed by atoms with Gasteiger partial charge in [-0.2, -0.15) is 0 Å². The fourth-order valence-corrected chi connectivity index (χ4v) is 2.08. The quantitative estimate of drug-likeness (QED) is 0.802. The molecule has 22 heavy (non-hydrogen) atoms. The van der Waals surface area contributed by atoms with E-state index in [1.54, 1.807) is 25.7 Å². The van der Waals surface area contributed by atoms with E-state index in [-0.39, 0.29) is 11.7 Å². The Hall–Kier alpha value is -2.15. The SMILES string of the molecule is COCCn1cncc1CNC(=O)c1cc(CC(C)C)no1. The molecule has 0 fully saturated rings. The highest BCUT2D eigenvalue weighted by atomic mass is 16.5. The molecule has 0 aromatic carbocycles. The normalized spacial score (nSPS) is 11.1. The van der Waals surface area contributed by atoms with Crippen molar-refractivity contribution in [2.75, 3.05) is 13.7 Å². The van der Waals surface area contributed by atoms with Crippen LogP contribution in [0.4, 0.5) is 0 Å². The van der Waals surface area contributed by atoms with Gasteiger partial charge in [-0.25, -0.2) is 4.98 Å². The molecule has 0 saturated heterocycles. The summed E-state index contributed by atoms with van der Waals surface area (Å²) in [6.07, 6.45) is 4.23. The van der Waals surface area contributed by atoms with Gasteiger partial charge in [-0.1, -0.05) is 19.0 Å². The molecule has 1 N–H and O–H groups in total. The number of imidazole rings is 1. The Morgan fingerprint density at radius 3 is 3.05 bits per heavy atom. The van der Waals surface area contributed by atoms with Crippen LogP contribution in [0.15, 0.2) is 23.1 Å². The first kappa shape index (κ1) is 16.2. The van der Waals surface area contributed by atoms with Gasteiger partial charge in [0, 0.05) is 25.9 Å². The van der Waals surface area contributed by atoms with Gasteiger partial charge in [0.15, 0.2) is 0 Å². The van der Waals surface area contributed by atoms with E-state index in [0.717, 1.165) is 17.8 Å². The smallest absolute Gasteiger partial charge is 0.290 e. The third kappa shape index (κ3) is 4.42. The van der Waals surface area contributed by atoms with Crippen LogP contribution in [0.3, 0.4) is 0 Å². The Balaban J connectivity index is 1.90. The molecule has 120 valence electrons. The van der Waals surface area contributed by atoms with Crippen molar-refractivity contribution in [2.45, 2.75) is 33.4 Å². The largest absolute Gasteiger partial charge is 0.383 e. The van der Waals surface area contributed by atoms with Crippen molar-refractivity contribution >= 4 is 5.91 Å². The molecule has 2 heterocycles. The van der Waals surface area contributed by atoms with Crippen molar-refractivity contribution in [1.29, 1.82) is 0 Å². The summed E-state index contributed by atoms with van der Waals surface area (Å²) in [4.78, 5) is 16.1. The van der Waals surface area contributed by atoms with E-state index in [4.69, 9.17) is 9.26 Å². The maximum absolute atomic E-state index is 12.1. The maximum atomic E-state index is 12.1. The van der Waals surface area contributed by atoms with Crippen LogP contribution >= 0.6 is 0 Å². The molecule has 0 aliphatic heterocycles. The highest BCUT2D eigenvalue weighted by Crippen LogP contribution is 2.09. The van der Waals surface area contributed by atoms with E-state index in [1.807, 2.05) is 4.57 Å². The third-order valence-electron chi connectivity index (χ3n) is 3.17. The van der Waals surface area contributed by atoms with Crippen molar-refractivity contribution in [3.63, 3.8) is 0 Å². The van der Waals surface area contributed by atoms with Gasteiger partial charge in [0.05, 0.1) is 30.9 Å². The number of methoxy groups -OCH3 is 1. The lowest BCUT2D eigenvalue weighted by Gasteiger charge is -2.07. The number of hydrogen-bond donors (Lipinski definition) is 1. The summed E-state index contributed by atoms with van der Waals surface area (Å²) in [5.74, 6) is 0.428. The summed E-state index contributed by atoms with van der Waals surface area (Å²) < 4.78 is 12.1. The molecule has 0 radical (unpaired) electrons. The first-order valence-electron chi connectivity index (χ1n) is 7.32. The fraction of sp³-hybridized carbons (Fsp3) is 0.533. The lowest BCUT2D eigenvalue weighted by Crippen LogP contribution is -2.24. The molecule has 7 heteroatoms. The highest BCUT2D eigenvalue weighted by Gasteiger charge is 2.14. The zero-order valence-electron chi connectivity index (χ0n) is 13.2. The van der Waals surface area contributed by atoms with E-state index >= 15 is 0 Å². The van der Waals surface area contributed by atoms with Crippen molar-refractivity contribution in [3.8, 4) is 0 Å². The summed E-state index contributed by atoms with van der Waals surface area (Å²) in [5.41, 5.74) is 1.71. The second-order valence-corrected chi connectivity index (χ2v) is 5.53. The lowest BCUT2D eigenvalue weighted by atomic mass is 10.1. The summed E-state index contributed by atoms with van der Waals surface area (Å²) in [5, 5.41) is 6.72. The second kappa shape index (κ2) is 7.74. The van der Waals surface area contributed by atoms with Gasteiger partial charge in [-0.3, -0.25) is 4.79 Å². The summed E-state index contributed by atoms with van der Waals surface area (Å²) in [7, 11) is 1.65. The molecule has 2 aromatic rings. The van der Waals surface area contributed by atoms with E-state index < -0.39 is 0 Å². The van der Waals surface area contributed by atoms with Crippen molar-refractivity contribution in [2.24, 2.45) is 5.92 Å². The van der Waals surface area contributed by atoms with Crippen LogP contribution in [0.25, 0.3) is 0 Å². The van der Waals surface area contributed by atoms with Crippen LogP contribution in [0.1, 0.15) is 35.8 Å². The van der Waals surface area contributed by atoms with Crippen LogP contribution in [0.2, 0.25) is 0 Å². The molecule has 0 atom stereocenters. The molecule has 2 rings (SSSR count). The molecule has 0 spiro atoms. The van der Waals surface area contributed by atoms with Crippen molar-refractivity contribution in [3.05, 3.63) is 35.7 Å². The summed E-state index contributed by atoms with van der Waals surface area (Å²) in [6.45, 7) is 5.86. The number of nitrogens with one attached hydrogen (secondary N) is 1. The van der Waals surface area contributed by atoms with Gasteiger partial charge in [0.1, 0.15) is 0 Å². The standard InChI is InChI=1S/C15H22N4O3/c1-11(2)6-12-7-14(22-18-12)15(20)17-9-13-8-16-10-19(13)4-5-21-3/h7-8,10-11H,4-6,9H2,1-3H3,(H,17,20). The Morgan fingerprint density at radius 1 is 1.50 bits per heavy atom. The molecular weight excluding hydrogens is 284 g/mol. The average Bonchev–Trinajstić information content (AvgIpc) is 3.11. The van der Waals surface area contributed by atoms with Crippen molar-refractivity contribution < 1.29 is 14.1 Å². The number of nitrogens with zero attached hydrogens (tertiary/aromatic N) is 3. The van der Waals surface area contributed by atoms with E-state index in [1.165, 1.54) is 0 Å². The summed E-state index contributed by atoms with van der Waals surface area (Å²) in [6, 6.07) is 1.69. The van der Waals surface area contributed by atoms with Crippen LogP contribution in [-0.2, 0) is 24.2 Å². The predicted octanol–water partition coefficient (Wildman–Crippen LogP) is 1.65. The Morgan fingerprint density at radius 2 is 2.32 bits per heavy atom. The van der Waals surface area contributed by atoms with Gasteiger partial charge in [0.2, 0.25) is 5.76 Å². The molecule has 1 amide bonds. The third-order valence-corrected chi connectivity index (χ3v) is 3.17. The number of amides is 1. The molecule has 0 saturated carbocycles. The van der Waals surface area contributed by atoms with Gasteiger partial charge >= 0.3 is 0 Å². The maximum Gasteiger partial charge on any atom is 0.290 e. The molecular formula is C15H22N4O3. The first-order valence-corrected chi connectivity index (χ1v) is 7.32. The number of aromatic nitrogens is 3. The summed E-state index contributed by atoms with van der Waals surface area (Å²) >= 11 is 0.